The molecule has 2 fully saturated rings. The summed E-state index contributed by atoms with van der Waals surface area (Å²) in [6, 6.07) is 0.491. The highest BCUT2D eigenvalue weighted by Crippen LogP contribution is 2.17. The molecule has 2 N–H and O–H groups in total. The van der Waals surface area contributed by atoms with E-state index in [1.807, 2.05) is 16.7 Å². The third-order valence-electron chi connectivity index (χ3n) is 3.83. The number of nitrogens with zero attached hydrogens (tertiary/aromatic N) is 1. The van der Waals surface area contributed by atoms with E-state index in [9.17, 15) is 9.59 Å². The van der Waals surface area contributed by atoms with E-state index in [1.54, 1.807) is 6.92 Å². The Labute approximate surface area is 118 Å². The lowest BCUT2D eigenvalue weighted by Crippen LogP contribution is -2.51. The number of thioether (sulfide) groups is 1. The lowest BCUT2D eigenvalue weighted by Gasteiger charge is -2.32. The predicted octanol–water partition coefficient (Wildman–Crippen LogP) is 1.19. The molecule has 0 bridgehead atoms. The molecule has 5 nitrogen and oxygen atoms in total. The van der Waals surface area contributed by atoms with E-state index < -0.39 is 0 Å². The van der Waals surface area contributed by atoms with Crippen molar-refractivity contribution in [1.29, 1.82) is 0 Å². The van der Waals surface area contributed by atoms with E-state index in [2.05, 4.69) is 10.6 Å². The number of amides is 3. The molecule has 2 rings (SSSR count). The minimum absolute atomic E-state index is 0.0434. The summed E-state index contributed by atoms with van der Waals surface area (Å²) >= 11 is 1.96. The van der Waals surface area contributed by atoms with Crippen molar-refractivity contribution in [2.45, 2.75) is 44.7 Å². The largest absolute Gasteiger partial charge is 0.343 e. The molecule has 2 aliphatic rings. The van der Waals surface area contributed by atoms with Gasteiger partial charge in [-0.05, 0) is 37.2 Å². The molecule has 0 aromatic rings. The van der Waals surface area contributed by atoms with Crippen LogP contribution in [-0.4, -0.2) is 53.5 Å². The third-order valence-corrected chi connectivity index (χ3v) is 4.88. The smallest absolute Gasteiger partial charge is 0.315 e. The van der Waals surface area contributed by atoms with Crippen LogP contribution in [0, 0.1) is 0 Å². The van der Waals surface area contributed by atoms with Gasteiger partial charge in [0.25, 0.3) is 0 Å². The van der Waals surface area contributed by atoms with Gasteiger partial charge in [-0.1, -0.05) is 0 Å². The van der Waals surface area contributed by atoms with E-state index >= 15 is 0 Å². The van der Waals surface area contributed by atoms with Gasteiger partial charge in [0.2, 0.25) is 5.91 Å². The molecule has 0 atom stereocenters. The zero-order valence-corrected chi connectivity index (χ0v) is 12.3. The molecular weight excluding hydrogens is 262 g/mol. The summed E-state index contributed by atoms with van der Waals surface area (Å²) in [5, 5.41) is 6.09. The van der Waals surface area contributed by atoms with Crippen LogP contribution in [0.1, 0.15) is 32.6 Å². The maximum atomic E-state index is 11.9. The minimum Gasteiger partial charge on any atom is -0.343 e. The second kappa shape index (κ2) is 7.03. The molecule has 0 spiro atoms. The van der Waals surface area contributed by atoms with Crippen molar-refractivity contribution >= 4 is 23.7 Å². The summed E-state index contributed by atoms with van der Waals surface area (Å²) in [7, 11) is 0. The molecule has 2 aliphatic heterocycles. The first-order valence-corrected chi connectivity index (χ1v) is 8.21. The van der Waals surface area contributed by atoms with Crippen LogP contribution in [0.4, 0.5) is 4.79 Å². The van der Waals surface area contributed by atoms with Gasteiger partial charge < -0.3 is 15.5 Å². The maximum Gasteiger partial charge on any atom is 0.315 e. The average Bonchev–Trinajstić information content (AvgIpc) is 2.40. The molecule has 0 saturated carbocycles. The van der Waals surface area contributed by atoms with Crippen LogP contribution >= 0.6 is 11.8 Å². The van der Waals surface area contributed by atoms with Crippen LogP contribution < -0.4 is 10.6 Å². The molecule has 3 amide bonds. The third kappa shape index (κ3) is 4.60. The lowest BCUT2D eigenvalue weighted by molar-refractivity contribution is -0.129. The van der Waals surface area contributed by atoms with Crippen LogP contribution in [0.3, 0.4) is 0 Å². The lowest BCUT2D eigenvalue weighted by atomic mass is 10.1. The van der Waals surface area contributed by atoms with Crippen LogP contribution in [0.25, 0.3) is 0 Å². The van der Waals surface area contributed by atoms with E-state index in [-0.39, 0.29) is 18.0 Å². The van der Waals surface area contributed by atoms with Gasteiger partial charge in [-0.15, -0.1) is 0 Å². The fraction of sp³-hybridized carbons (Fsp3) is 0.846. The highest BCUT2D eigenvalue weighted by atomic mass is 32.2. The molecule has 0 radical (unpaired) electrons. The van der Waals surface area contributed by atoms with E-state index in [4.69, 9.17) is 0 Å². The topological polar surface area (TPSA) is 61.4 Å². The van der Waals surface area contributed by atoms with Crippen molar-refractivity contribution in [3.63, 3.8) is 0 Å². The van der Waals surface area contributed by atoms with Gasteiger partial charge in [0.05, 0.1) is 0 Å². The number of hydrogen-bond donors (Lipinski definition) is 2. The fourth-order valence-electron chi connectivity index (χ4n) is 2.59. The Morgan fingerprint density at radius 3 is 2.05 bits per heavy atom. The van der Waals surface area contributed by atoms with Crippen LogP contribution in [0.2, 0.25) is 0 Å². The normalized spacial score (nSPS) is 22.1. The first kappa shape index (κ1) is 14.5. The van der Waals surface area contributed by atoms with Crippen molar-refractivity contribution in [3.8, 4) is 0 Å². The van der Waals surface area contributed by atoms with Gasteiger partial charge in [-0.3, -0.25) is 4.79 Å². The monoisotopic (exact) mass is 285 g/mol. The Balaban J connectivity index is 1.67. The summed E-state index contributed by atoms with van der Waals surface area (Å²) < 4.78 is 0. The molecule has 6 heteroatoms. The van der Waals surface area contributed by atoms with E-state index in [1.165, 1.54) is 0 Å². The Morgan fingerprint density at radius 2 is 1.53 bits per heavy atom. The Hall–Kier alpha value is -0.910. The second-order valence-electron chi connectivity index (χ2n) is 5.28. The number of rotatable bonds is 2. The number of hydrogen-bond acceptors (Lipinski definition) is 3. The van der Waals surface area contributed by atoms with Crippen LogP contribution in [-0.2, 0) is 4.79 Å². The predicted molar refractivity (Wildman–Crippen MR) is 77.3 cm³/mol. The second-order valence-corrected chi connectivity index (χ2v) is 6.51. The van der Waals surface area contributed by atoms with Crippen molar-refractivity contribution in [3.05, 3.63) is 0 Å². The van der Waals surface area contributed by atoms with Crippen molar-refractivity contribution in [2.24, 2.45) is 0 Å². The van der Waals surface area contributed by atoms with Gasteiger partial charge in [0.15, 0.2) is 0 Å². The van der Waals surface area contributed by atoms with Gasteiger partial charge in [-0.25, -0.2) is 4.79 Å². The number of carbonyl (C=O) groups excluding carboxylic acids is 2. The standard InChI is InChI=1S/C13H23N3O2S/c1-10(17)16-6-2-11(3-7-16)14-13(18)15-12-4-8-19-9-5-12/h11-12H,2-9H2,1H3,(H2,14,15,18). The number of carbonyl (C=O) groups is 2. The molecule has 2 heterocycles. The maximum absolute atomic E-state index is 11.9. The first-order chi connectivity index (χ1) is 9.15. The van der Waals surface area contributed by atoms with Crippen LogP contribution in [0.15, 0.2) is 0 Å². The number of nitrogens with one attached hydrogen (secondary N) is 2. The highest BCUT2D eigenvalue weighted by molar-refractivity contribution is 7.99. The Bertz CT molecular complexity index is 324. The van der Waals surface area contributed by atoms with Gasteiger partial charge in [0, 0.05) is 32.1 Å². The summed E-state index contributed by atoms with van der Waals surface area (Å²) in [5.74, 6) is 2.41. The van der Waals surface area contributed by atoms with Crippen molar-refractivity contribution < 1.29 is 9.59 Å². The SMILES string of the molecule is CC(=O)N1CCC(NC(=O)NC2CCSCC2)CC1. The molecule has 0 unspecified atom stereocenters. The van der Waals surface area contributed by atoms with Crippen LogP contribution in [0.5, 0.6) is 0 Å². The van der Waals surface area contributed by atoms with Gasteiger partial charge in [0.1, 0.15) is 0 Å². The molecule has 108 valence electrons. The van der Waals surface area contributed by atoms with Crippen molar-refractivity contribution in [1.82, 2.24) is 15.5 Å². The highest BCUT2D eigenvalue weighted by Gasteiger charge is 2.23. The van der Waals surface area contributed by atoms with Gasteiger partial charge in [-0.2, -0.15) is 11.8 Å². The van der Waals surface area contributed by atoms with E-state index in [0.29, 0.717) is 6.04 Å². The summed E-state index contributed by atoms with van der Waals surface area (Å²) in [5.41, 5.74) is 0. The first-order valence-electron chi connectivity index (χ1n) is 7.05. The summed E-state index contributed by atoms with van der Waals surface area (Å²) in [4.78, 5) is 24.9. The van der Waals surface area contributed by atoms with Gasteiger partial charge >= 0.3 is 6.03 Å². The number of likely N-dealkylation sites (tertiary alicyclic amines) is 1. The zero-order chi connectivity index (χ0) is 13.7. The minimum atomic E-state index is -0.0434. The fourth-order valence-corrected chi connectivity index (χ4v) is 3.70. The molecular formula is C13H23N3O2S. The Morgan fingerprint density at radius 1 is 1.00 bits per heavy atom. The quantitative estimate of drug-likeness (QED) is 0.801. The summed E-state index contributed by atoms with van der Waals surface area (Å²) in [6.45, 7) is 3.10. The number of piperidine rings is 1. The number of urea groups is 1. The molecule has 0 aromatic heterocycles. The van der Waals surface area contributed by atoms with Crippen molar-refractivity contribution in [2.75, 3.05) is 24.6 Å². The molecule has 0 aliphatic carbocycles. The zero-order valence-electron chi connectivity index (χ0n) is 11.5. The Kier molecular flexibility index (Phi) is 5.36. The van der Waals surface area contributed by atoms with E-state index in [0.717, 1.165) is 50.3 Å². The average molecular weight is 285 g/mol. The molecule has 19 heavy (non-hydrogen) atoms. The summed E-state index contributed by atoms with van der Waals surface area (Å²) in [6.07, 6.45) is 3.85. The molecule has 2 saturated heterocycles. The molecule has 0 aromatic carbocycles.